The lowest BCUT2D eigenvalue weighted by Gasteiger charge is -2.50. The molecule has 0 amide bonds. The Morgan fingerprint density at radius 3 is 2.56 bits per heavy atom. The Hall–Kier alpha value is -2.67. The second-order valence-electron chi connectivity index (χ2n) is 9.28. The van der Waals surface area contributed by atoms with Crippen LogP contribution < -0.4 is 21.9 Å². The van der Waals surface area contributed by atoms with Crippen molar-refractivity contribution in [2.75, 3.05) is 13.1 Å². The van der Waals surface area contributed by atoms with Gasteiger partial charge in [-0.25, -0.2) is 4.98 Å². The third-order valence-electron chi connectivity index (χ3n) is 7.43. The summed E-state index contributed by atoms with van der Waals surface area (Å²) in [5.74, 6) is 3.46. The number of rotatable bonds is 6. The molecule has 3 heterocycles. The van der Waals surface area contributed by atoms with Crippen LogP contribution in [0.1, 0.15) is 60.8 Å². The summed E-state index contributed by atoms with van der Waals surface area (Å²) < 4.78 is 8.63. The number of imidazole rings is 1. The lowest BCUT2D eigenvalue weighted by molar-refractivity contribution is 0.146. The van der Waals surface area contributed by atoms with Gasteiger partial charge in [0, 0.05) is 18.0 Å². The molecular formula is C26H33N5O. The molecule has 0 spiro atoms. The lowest BCUT2D eigenvalue weighted by atomic mass is 9.80. The van der Waals surface area contributed by atoms with Crippen LogP contribution in [0.25, 0.3) is 11.3 Å². The van der Waals surface area contributed by atoms with E-state index in [-0.39, 0.29) is 6.15 Å². The highest BCUT2D eigenvalue weighted by Crippen LogP contribution is 2.52. The topological polar surface area (TPSA) is 100 Å². The number of nitrogens with zero attached hydrogens (tertiary/aromatic N) is 2. The van der Waals surface area contributed by atoms with E-state index in [1.165, 1.54) is 42.8 Å². The molecule has 1 aromatic heterocycles. The molecule has 1 aliphatic carbocycles. The summed E-state index contributed by atoms with van der Waals surface area (Å²) in [6, 6.07) is 19.8. The van der Waals surface area contributed by atoms with Crippen LogP contribution in [0.5, 0.6) is 5.75 Å². The maximum Gasteiger partial charge on any atom is 0.120 e. The third-order valence-corrected chi connectivity index (χ3v) is 7.43. The van der Waals surface area contributed by atoms with Crippen LogP contribution >= 0.6 is 0 Å². The molecule has 1 saturated carbocycles. The minimum Gasteiger partial charge on any atom is -0.489 e. The van der Waals surface area contributed by atoms with Crippen LogP contribution in [0.15, 0.2) is 54.6 Å². The average Bonchev–Trinajstić information content (AvgIpc) is 3.14. The van der Waals surface area contributed by atoms with Crippen molar-refractivity contribution >= 4 is 0 Å². The quantitative estimate of drug-likeness (QED) is 0.524. The van der Waals surface area contributed by atoms with Crippen molar-refractivity contribution in [1.82, 2.24) is 21.0 Å². The predicted octanol–water partition coefficient (Wildman–Crippen LogP) is 4.72. The molecule has 0 radical (unpaired) electrons. The van der Waals surface area contributed by atoms with Crippen LogP contribution in [-0.4, -0.2) is 22.6 Å². The molecule has 1 saturated heterocycles. The van der Waals surface area contributed by atoms with Gasteiger partial charge < -0.3 is 26.5 Å². The van der Waals surface area contributed by atoms with E-state index in [1.54, 1.807) is 0 Å². The molecule has 6 nitrogen and oxygen atoms in total. The van der Waals surface area contributed by atoms with Crippen LogP contribution in [0.3, 0.4) is 0 Å². The van der Waals surface area contributed by atoms with E-state index in [0.29, 0.717) is 30.5 Å². The van der Waals surface area contributed by atoms with Crippen molar-refractivity contribution in [1.29, 1.82) is 0 Å². The van der Waals surface area contributed by atoms with E-state index in [2.05, 4.69) is 40.2 Å². The Morgan fingerprint density at radius 2 is 1.84 bits per heavy atom. The largest absolute Gasteiger partial charge is 0.489 e. The zero-order valence-electron chi connectivity index (χ0n) is 18.5. The van der Waals surface area contributed by atoms with Gasteiger partial charge in [0.15, 0.2) is 0 Å². The molecule has 2 fully saturated rings. The first-order valence-corrected chi connectivity index (χ1v) is 11.6. The van der Waals surface area contributed by atoms with E-state index < -0.39 is 0 Å². The monoisotopic (exact) mass is 431 g/mol. The van der Waals surface area contributed by atoms with E-state index in [4.69, 9.17) is 15.5 Å². The second-order valence-corrected chi connectivity index (χ2v) is 9.28. The summed E-state index contributed by atoms with van der Waals surface area (Å²) >= 11 is 0. The van der Waals surface area contributed by atoms with Gasteiger partial charge in [0.1, 0.15) is 18.2 Å². The number of ether oxygens (including phenoxy) is 1. The highest BCUT2D eigenvalue weighted by Gasteiger charge is 2.49. The second kappa shape index (κ2) is 8.70. The van der Waals surface area contributed by atoms with Gasteiger partial charge in [-0.3, -0.25) is 0 Å². The lowest BCUT2D eigenvalue weighted by Crippen LogP contribution is -2.56. The Bertz CT molecular complexity index is 1070. The van der Waals surface area contributed by atoms with Gasteiger partial charge >= 0.3 is 0 Å². The molecule has 2 aromatic carbocycles. The maximum absolute atomic E-state index is 6.09. The number of hydrogen-bond donors (Lipinski definition) is 3. The summed E-state index contributed by atoms with van der Waals surface area (Å²) in [4.78, 5) is 5.25. The van der Waals surface area contributed by atoms with Gasteiger partial charge in [-0.15, -0.1) is 0 Å². The number of nitrogens with two attached hydrogens (primary N) is 1. The summed E-state index contributed by atoms with van der Waals surface area (Å²) in [5, 5.41) is 3.60. The SMILES string of the molecule is N.NCC1CCC(c2nc(-c3cccc(OCc4ccccc4)c3)c3n2C2CNC32)CC1. The Balaban J connectivity index is 0.00000216. The molecule has 6 rings (SSSR count). The van der Waals surface area contributed by atoms with Gasteiger partial charge in [-0.05, 0) is 55.8 Å². The van der Waals surface area contributed by atoms with Crippen LogP contribution in [0.4, 0.5) is 0 Å². The van der Waals surface area contributed by atoms with Crippen LogP contribution in [0.2, 0.25) is 0 Å². The average molecular weight is 432 g/mol. The fourth-order valence-corrected chi connectivity index (χ4v) is 5.52. The van der Waals surface area contributed by atoms with Gasteiger partial charge in [0.2, 0.25) is 0 Å². The maximum atomic E-state index is 6.09. The predicted molar refractivity (Wildman–Crippen MR) is 127 cm³/mol. The zero-order chi connectivity index (χ0) is 20.8. The van der Waals surface area contributed by atoms with Gasteiger partial charge in [-0.1, -0.05) is 42.5 Å². The Morgan fingerprint density at radius 1 is 1.03 bits per heavy atom. The van der Waals surface area contributed by atoms with E-state index in [0.717, 1.165) is 30.1 Å². The summed E-state index contributed by atoms with van der Waals surface area (Å²) in [5.41, 5.74) is 10.8. The third kappa shape index (κ3) is 3.52. The molecule has 3 aromatic rings. The molecule has 6 heteroatoms. The molecule has 2 unspecified atom stereocenters. The van der Waals surface area contributed by atoms with Gasteiger partial charge in [0.05, 0.1) is 23.5 Å². The van der Waals surface area contributed by atoms with E-state index in [9.17, 15) is 0 Å². The number of hydrogen-bond acceptors (Lipinski definition) is 5. The first-order valence-electron chi connectivity index (χ1n) is 11.6. The minimum absolute atomic E-state index is 0. The molecule has 2 atom stereocenters. The molecule has 2 aliphatic heterocycles. The van der Waals surface area contributed by atoms with Crippen molar-refractivity contribution in [3.8, 4) is 17.0 Å². The molecule has 6 N–H and O–H groups in total. The highest BCUT2D eigenvalue weighted by atomic mass is 16.5. The summed E-state index contributed by atoms with van der Waals surface area (Å²) in [6.45, 7) is 2.47. The molecule has 0 bridgehead atoms. The molecular weight excluding hydrogens is 398 g/mol. The zero-order valence-corrected chi connectivity index (χ0v) is 18.5. The standard InChI is InChI=1S/C26H30N4O.H3N/c27-14-17-9-11-19(12-10-17)26-29-23(25-24-22(15-28-24)30(25)26)20-7-4-8-21(13-20)31-16-18-5-2-1-3-6-18;/h1-8,13,17,19,22,24,28H,9-12,14-16,27H2;1H3. The first-order chi connectivity index (χ1) is 15.3. The summed E-state index contributed by atoms with van der Waals surface area (Å²) in [7, 11) is 0. The van der Waals surface area contributed by atoms with Crippen molar-refractivity contribution in [3.05, 3.63) is 71.7 Å². The highest BCUT2D eigenvalue weighted by molar-refractivity contribution is 5.67. The van der Waals surface area contributed by atoms with Crippen molar-refractivity contribution in [2.45, 2.75) is 50.3 Å². The Labute approximate surface area is 189 Å². The molecule has 3 aliphatic rings. The number of benzene rings is 2. The van der Waals surface area contributed by atoms with Crippen molar-refractivity contribution < 1.29 is 4.74 Å². The Kier molecular flexibility index (Phi) is 5.76. The van der Waals surface area contributed by atoms with Crippen LogP contribution in [-0.2, 0) is 6.61 Å². The van der Waals surface area contributed by atoms with Gasteiger partial charge in [0.25, 0.3) is 0 Å². The van der Waals surface area contributed by atoms with Crippen LogP contribution in [0, 0.1) is 5.92 Å². The smallest absolute Gasteiger partial charge is 0.120 e. The first kappa shape index (κ1) is 21.2. The number of aromatic nitrogens is 2. The van der Waals surface area contributed by atoms with Crippen molar-refractivity contribution in [2.24, 2.45) is 11.7 Å². The molecule has 168 valence electrons. The van der Waals surface area contributed by atoms with Gasteiger partial charge in [-0.2, -0.15) is 0 Å². The summed E-state index contributed by atoms with van der Waals surface area (Å²) in [6.07, 6.45) is 4.88. The van der Waals surface area contributed by atoms with E-state index >= 15 is 0 Å². The fraction of sp³-hybridized carbons (Fsp3) is 0.423. The minimum atomic E-state index is 0. The van der Waals surface area contributed by atoms with Crippen molar-refractivity contribution in [3.63, 3.8) is 0 Å². The molecule has 32 heavy (non-hydrogen) atoms. The number of nitrogens with one attached hydrogen (secondary N) is 1. The number of fused-ring (bicyclic) bond motifs is 4. The van der Waals surface area contributed by atoms with E-state index in [1.807, 2.05) is 24.3 Å². The fourth-order valence-electron chi connectivity index (χ4n) is 5.52. The normalized spacial score (nSPS) is 25.5.